The fraction of sp³-hybridized carbons (Fsp3) is 0.400. The van der Waals surface area contributed by atoms with Crippen molar-refractivity contribution in [1.82, 2.24) is 0 Å². The van der Waals surface area contributed by atoms with E-state index in [0.29, 0.717) is 0 Å². The Morgan fingerprint density at radius 3 is 2.72 bits per heavy atom. The van der Waals surface area contributed by atoms with Crippen molar-refractivity contribution in [3.63, 3.8) is 0 Å². The molecule has 1 unspecified atom stereocenters. The summed E-state index contributed by atoms with van der Waals surface area (Å²) in [6, 6.07) is 0. The Labute approximate surface area is 102 Å². The molecule has 0 radical (unpaired) electrons. The Hall–Kier alpha value is -2.47. The molecule has 18 heavy (non-hydrogen) atoms. The van der Waals surface area contributed by atoms with Gasteiger partial charge in [0.15, 0.2) is 17.7 Å². The van der Waals surface area contributed by atoms with Crippen LogP contribution in [-0.4, -0.2) is 24.6 Å². The molecule has 0 amide bonds. The van der Waals surface area contributed by atoms with Gasteiger partial charge in [0, 0.05) is 18.8 Å². The van der Waals surface area contributed by atoms with Crippen LogP contribution in [0.3, 0.4) is 0 Å². The lowest BCUT2D eigenvalue weighted by molar-refractivity contribution is -0.146. The maximum Gasteiger partial charge on any atom is 0.307 e. The molecule has 0 saturated heterocycles. The summed E-state index contributed by atoms with van der Waals surface area (Å²) in [5.41, 5.74) is 8.28. The molecule has 1 atom stereocenters. The summed E-state index contributed by atoms with van der Waals surface area (Å²) in [5.74, 6) is -0.842. The number of hydrogen-bond donors (Lipinski definition) is 0. The predicted octanol–water partition coefficient (Wildman–Crippen LogP) is 1.55. The average molecular weight is 253 g/mol. The van der Waals surface area contributed by atoms with Crippen LogP contribution in [0.4, 0.5) is 0 Å². The first kappa shape index (κ1) is 13.6. The highest BCUT2D eigenvalue weighted by Gasteiger charge is 2.24. The standard InChI is InChI=1S/C10H11N3O5/c1-6(14)16-5-9-8(17-7(2)15)3-4-10(18-9)12-13-11/h3-4,9H,5H2,1-2H3. The van der Waals surface area contributed by atoms with Crippen LogP contribution in [0.15, 0.2) is 28.9 Å². The molecule has 0 fully saturated rings. The number of azide groups is 1. The number of allylic oxidation sites excluding steroid dienone is 2. The van der Waals surface area contributed by atoms with Crippen molar-refractivity contribution in [2.75, 3.05) is 6.61 Å². The predicted molar refractivity (Wildman–Crippen MR) is 58.6 cm³/mol. The van der Waals surface area contributed by atoms with Gasteiger partial charge in [0.2, 0.25) is 0 Å². The molecule has 0 aromatic heterocycles. The first-order valence-electron chi connectivity index (χ1n) is 4.98. The maximum atomic E-state index is 10.9. The molecule has 0 aromatic rings. The summed E-state index contributed by atoms with van der Waals surface area (Å²) < 4.78 is 14.9. The lowest BCUT2D eigenvalue weighted by Gasteiger charge is -2.23. The third kappa shape index (κ3) is 4.18. The second-order valence-corrected chi connectivity index (χ2v) is 3.27. The first-order chi connectivity index (χ1) is 8.52. The lowest BCUT2D eigenvalue weighted by Crippen LogP contribution is -2.27. The van der Waals surface area contributed by atoms with Gasteiger partial charge in [0.1, 0.15) is 6.61 Å². The minimum absolute atomic E-state index is 0.00514. The molecular weight excluding hydrogens is 242 g/mol. The van der Waals surface area contributed by atoms with Crippen molar-refractivity contribution in [3.05, 3.63) is 34.2 Å². The summed E-state index contributed by atoms with van der Waals surface area (Å²) in [5, 5.41) is 3.27. The molecule has 1 rings (SSSR count). The van der Waals surface area contributed by atoms with E-state index in [1.165, 1.54) is 26.0 Å². The monoisotopic (exact) mass is 253 g/mol. The highest BCUT2D eigenvalue weighted by Crippen LogP contribution is 2.20. The van der Waals surface area contributed by atoms with E-state index in [9.17, 15) is 9.59 Å². The molecule has 8 nitrogen and oxygen atoms in total. The van der Waals surface area contributed by atoms with Crippen LogP contribution >= 0.6 is 0 Å². The Morgan fingerprint density at radius 1 is 1.44 bits per heavy atom. The second kappa shape index (κ2) is 6.31. The Morgan fingerprint density at radius 2 is 2.17 bits per heavy atom. The zero-order valence-electron chi connectivity index (χ0n) is 9.82. The molecule has 8 heteroatoms. The van der Waals surface area contributed by atoms with Gasteiger partial charge in [0.05, 0.1) is 0 Å². The summed E-state index contributed by atoms with van der Waals surface area (Å²) in [6.07, 6.45) is 1.95. The number of carbonyl (C=O) groups is 2. The number of nitrogens with zero attached hydrogens (tertiary/aromatic N) is 3. The smallest absolute Gasteiger partial charge is 0.307 e. The SMILES string of the molecule is CC(=O)OCC1OC(N=[N+]=[N-])=CC=C1OC(C)=O. The molecular formula is C10H11N3O5. The summed E-state index contributed by atoms with van der Waals surface area (Å²) >= 11 is 0. The van der Waals surface area contributed by atoms with E-state index < -0.39 is 18.0 Å². The highest BCUT2D eigenvalue weighted by molar-refractivity contribution is 5.68. The van der Waals surface area contributed by atoms with Crippen LogP contribution in [0, 0.1) is 0 Å². The van der Waals surface area contributed by atoms with Crippen LogP contribution in [0.2, 0.25) is 0 Å². The van der Waals surface area contributed by atoms with Gasteiger partial charge in [-0.2, -0.15) is 0 Å². The van der Waals surface area contributed by atoms with Crippen molar-refractivity contribution in [3.8, 4) is 0 Å². The van der Waals surface area contributed by atoms with E-state index in [4.69, 9.17) is 19.7 Å². The maximum absolute atomic E-state index is 10.9. The van der Waals surface area contributed by atoms with Gasteiger partial charge in [-0.05, 0) is 22.8 Å². The highest BCUT2D eigenvalue weighted by atomic mass is 16.6. The zero-order chi connectivity index (χ0) is 13.5. The lowest BCUT2D eigenvalue weighted by atomic mass is 10.2. The molecule has 0 bridgehead atoms. The fourth-order valence-corrected chi connectivity index (χ4v) is 1.18. The number of rotatable bonds is 4. The van der Waals surface area contributed by atoms with E-state index in [0.717, 1.165) is 0 Å². The summed E-state index contributed by atoms with van der Waals surface area (Å²) in [6.45, 7) is 2.32. The topological polar surface area (TPSA) is 111 Å². The van der Waals surface area contributed by atoms with Crippen LogP contribution in [0.1, 0.15) is 13.8 Å². The van der Waals surface area contributed by atoms with E-state index in [-0.39, 0.29) is 18.2 Å². The van der Waals surface area contributed by atoms with Crippen molar-refractivity contribution in [2.45, 2.75) is 20.0 Å². The molecule has 0 N–H and O–H groups in total. The van der Waals surface area contributed by atoms with Crippen LogP contribution in [0.25, 0.3) is 10.4 Å². The number of carbonyl (C=O) groups excluding carboxylic acids is 2. The van der Waals surface area contributed by atoms with Gasteiger partial charge in [-0.1, -0.05) is 0 Å². The van der Waals surface area contributed by atoms with Gasteiger partial charge in [-0.25, -0.2) is 0 Å². The van der Waals surface area contributed by atoms with Crippen molar-refractivity contribution < 1.29 is 23.8 Å². The van der Waals surface area contributed by atoms with Gasteiger partial charge >= 0.3 is 11.9 Å². The Bertz CT molecular complexity index is 462. The third-order valence-corrected chi connectivity index (χ3v) is 1.81. The molecule has 0 saturated carbocycles. The largest absolute Gasteiger partial charge is 0.476 e. The van der Waals surface area contributed by atoms with Gasteiger partial charge in [0.25, 0.3) is 0 Å². The summed E-state index contributed by atoms with van der Waals surface area (Å²) in [7, 11) is 0. The van der Waals surface area contributed by atoms with Gasteiger partial charge in [-0.3, -0.25) is 9.59 Å². The molecule has 96 valence electrons. The van der Waals surface area contributed by atoms with Gasteiger partial charge < -0.3 is 14.2 Å². The third-order valence-electron chi connectivity index (χ3n) is 1.81. The fourth-order valence-electron chi connectivity index (χ4n) is 1.18. The van der Waals surface area contributed by atoms with E-state index in [1.54, 1.807) is 0 Å². The van der Waals surface area contributed by atoms with Crippen LogP contribution in [0.5, 0.6) is 0 Å². The van der Waals surface area contributed by atoms with Crippen molar-refractivity contribution in [1.29, 1.82) is 0 Å². The molecule has 1 heterocycles. The molecule has 0 spiro atoms. The second-order valence-electron chi connectivity index (χ2n) is 3.27. The molecule has 1 aliphatic rings. The number of esters is 2. The van der Waals surface area contributed by atoms with Crippen molar-refractivity contribution in [2.24, 2.45) is 5.11 Å². The normalized spacial score (nSPS) is 17.6. The number of hydrogen-bond acceptors (Lipinski definition) is 6. The molecule has 1 aliphatic heterocycles. The van der Waals surface area contributed by atoms with E-state index in [2.05, 4.69) is 10.0 Å². The minimum atomic E-state index is -0.816. The van der Waals surface area contributed by atoms with Crippen molar-refractivity contribution >= 4 is 11.9 Å². The van der Waals surface area contributed by atoms with E-state index >= 15 is 0 Å². The van der Waals surface area contributed by atoms with Gasteiger partial charge in [-0.15, -0.1) is 0 Å². The van der Waals surface area contributed by atoms with Crippen LogP contribution < -0.4 is 0 Å². The summed E-state index contributed by atoms with van der Waals surface area (Å²) in [4.78, 5) is 24.2. The number of ether oxygens (including phenoxy) is 3. The first-order valence-corrected chi connectivity index (χ1v) is 4.98. The Kier molecular flexibility index (Phi) is 4.77. The van der Waals surface area contributed by atoms with E-state index in [1.807, 2.05) is 0 Å². The zero-order valence-corrected chi connectivity index (χ0v) is 9.82. The quantitative estimate of drug-likeness (QED) is 0.326. The van der Waals surface area contributed by atoms with Crippen LogP contribution in [-0.2, 0) is 23.8 Å². The average Bonchev–Trinajstić information content (AvgIpc) is 2.28. The minimum Gasteiger partial charge on any atom is -0.476 e. The Balaban J connectivity index is 2.81. The molecule has 0 aliphatic carbocycles. The molecule has 0 aromatic carbocycles.